The maximum atomic E-state index is 13.2. The fourth-order valence-corrected chi connectivity index (χ4v) is 2.64. The number of anilines is 1. The van der Waals surface area contributed by atoms with Crippen molar-refractivity contribution < 1.29 is 43.5 Å². The van der Waals surface area contributed by atoms with E-state index in [9.17, 15) is 14.4 Å². The van der Waals surface area contributed by atoms with Crippen LogP contribution in [0.1, 0.15) is 15.9 Å². The molecule has 0 bridgehead atoms. The number of methoxy groups -OCH3 is 1. The Morgan fingerprint density at radius 2 is 1.61 bits per heavy atom. The Bertz CT molecular complexity index is 955. The molecule has 0 spiro atoms. The normalized spacial score (nSPS) is 9.61. The largest absolute Gasteiger partial charge is 1.00 e. The van der Waals surface area contributed by atoms with Crippen LogP contribution in [0.5, 0.6) is 5.75 Å². The number of carbonyl (C=O) groups is 1. The summed E-state index contributed by atoms with van der Waals surface area (Å²) in [5.41, 5.74) is 1.39. The second kappa shape index (κ2) is 9.95. The van der Waals surface area contributed by atoms with Crippen LogP contribution in [0.15, 0.2) is 78.9 Å². The summed E-state index contributed by atoms with van der Waals surface area (Å²) in [7, 11) is 1.55. The van der Waals surface area contributed by atoms with Crippen molar-refractivity contribution in [3.05, 3.63) is 102 Å². The van der Waals surface area contributed by atoms with E-state index in [1.54, 1.807) is 55.6 Å². The van der Waals surface area contributed by atoms with Crippen LogP contribution in [0, 0.1) is 23.2 Å². The van der Waals surface area contributed by atoms with E-state index in [4.69, 9.17) is 4.74 Å². The van der Waals surface area contributed by atoms with Crippen molar-refractivity contribution in [3.8, 4) is 11.8 Å². The van der Waals surface area contributed by atoms with Crippen molar-refractivity contribution >= 4 is 11.6 Å². The Kier molecular flexibility index (Phi) is 7.65. The van der Waals surface area contributed by atoms with Gasteiger partial charge in [-0.25, -0.2) is 9.65 Å². The van der Waals surface area contributed by atoms with Crippen LogP contribution in [0.4, 0.5) is 10.1 Å². The van der Waals surface area contributed by atoms with Crippen LogP contribution < -0.4 is 39.2 Å². The molecule has 0 atom stereocenters. The van der Waals surface area contributed by atoms with Gasteiger partial charge in [0.2, 0.25) is 0 Å². The summed E-state index contributed by atoms with van der Waals surface area (Å²) in [5, 5.41) is 9.81. The summed E-state index contributed by atoms with van der Waals surface area (Å²) in [6.07, 6.45) is 0. The molecule has 0 N–H and O–H groups in total. The van der Waals surface area contributed by atoms with Gasteiger partial charge in [-0.2, -0.15) is 17.7 Å². The van der Waals surface area contributed by atoms with Gasteiger partial charge in [0.05, 0.1) is 12.9 Å². The molecule has 0 unspecified atom stereocenters. The standard InChI is InChI=1S/C22H16FN2O2.Na/c1-27-20-13-9-16(10-14-20)21(15-24)25(19-5-3-2-4-6-19)22(26)17-7-11-18(23)12-8-17;/h2-14H,1H3;/q-1;+1. The quantitative estimate of drug-likeness (QED) is 0.498. The van der Waals surface area contributed by atoms with Crippen molar-refractivity contribution in [3.63, 3.8) is 0 Å². The number of carbonyl (C=O) groups excluding carboxylic acids is 1. The third kappa shape index (κ3) is 4.73. The summed E-state index contributed by atoms with van der Waals surface area (Å²) >= 11 is 0. The van der Waals surface area contributed by atoms with Crippen LogP contribution >= 0.6 is 0 Å². The molecule has 0 aliphatic rings. The molecule has 1 amide bonds. The van der Waals surface area contributed by atoms with Gasteiger partial charge in [0.15, 0.2) is 0 Å². The van der Waals surface area contributed by atoms with E-state index in [2.05, 4.69) is 6.07 Å². The molecular weight excluding hydrogens is 366 g/mol. The van der Waals surface area contributed by atoms with Crippen molar-refractivity contribution in [1.29, 1.82) is 5.26 Å². The van der Waals surface area contributed by atoms with Gasteiger partial charge in [0.1, 0.15) is 5.82 Å². The van der Waals surface area contributed by atoms with Gasteiger partial charge in [-0.15, -0.1) is 0 Å². The number of halogens is 1. The molecule has 0 fully saturated rings. The third-order valence-corrected chi connectivity index (χ3v) is 4.00. The maximum absolute atomic E-state index is 13.2. The topological polar surface area (TPSA) is 53.3 Å². The minimum Gasteiger partial charge on any atom is -0.499 e. The van der Waals surface area contributed by atoms with Gasteiger partial charge in [0.25, 0.3) is 5.91 Å². The molecule has 28 heavy (non-hydrogen) atoms. The Hall–Kier alpha value is -2.78. The molecule has 3 aromatic rings. The zero-order valence-corrected chi connectivity index (χ0v) is 17.6. The molecule has 0 heterocycles. The fraction of sp³-hybridized carbons (Fsp3) is 0.0455. The molecule has 0 saturated carbocycles. The van der Waals surface area contributed by atoms with Crippen molar-refractivity contribution in [2.75, 3.05) is 12.0 Å². The maximum Gasteiger partial charge on any atom is 1.00 e. The number of para-hydroxylation sites is 1. The van der Waals surface area contributed by atoms with E-state index in [1.165, 1.54) is 29.2 Å². The number of nitriles is 1. The molecule has 0 aromatic heterocycles. The molecule has 4 nitrogen and oxygen atoms in total. The van der Waals surface area contributed by atoms with Gasteiger partial charge in [0, 0.05) is 23.4 Å². The second-order valence-corrected chi connectivity index (χ2v) is 5.67. The van der Waals surface area contributed by atoms with Gasteiger partial charge in [-0.05, 0) is 36.4 Å². The monoisotopic (exact) mass is 382 g/mol. The van der Waals surface area contributed by atoms with E-state index >= 15 is 0 Å². The molecule has 3 rings (SSSR count). The summed E-state index contributed by atoms with van der Waals surface area (Å²) in [6, 6.07) is 23.3. The summed E-state index contributed by atoms with van der Waals surface area (Å²) < 4.78 is 18.4. The fourth-order valence-electron chi connectivity index (χ4n) is 2.64. The zero-order chi connectivity index (χ0) is 19.2. The van der Waals surface area contributed by atoms with Crippen LogP contribution in [-0.4, -0.2) is 13.0 Å². The number of nitrogens with zero attached hydrogens (tertiary/aromatic N) is 2. The summed E-state index contributed by atoms with van der Waals surface area (Å²) in [5.74, 6) is -0.210. The number of hydrogen-bond acceptors (Lipinski definition) is 3. The van der Waals surface area contributed by atoms with Crippen LogP contribution in [0.3, 0.4) is 0 Å². The second-order valence-electron chi connectivity index (χ2n) is 5.67. The van der Waals surface area contributed by atoms with Crippen molar-refractivity contribution in [2.45, 2.75) is 0 Å². The predicted octanol–water partition coefficient (Wildman–Crippen LogP) is 1.59. The first-order valence-corrected chi connectivity index (χ1v) is 8.20. The van der Waals surface area contributed by atoms with Crippen LogP contribution in [0.2, 0.25) is 0 Å². The van der Waals surface area contributed by atoms with Crippen LogP contribution in [0.25, 0.3) is 0 Å². The van der Waals surface area contributed by atoms with E-state index in [0.29, 0.717) is 17.0 Å². The number of amides is 1. The van der Waals surface area contributed by atoms with Gasteiger partial charge >= 0.3 is 29.6 Å². The Labute approximate surface area is 185 Å². The predicted molar refractivity (Wildman–Crippen MR) is 101 cm³/mol. The molecule has 0 aliphatic carbocycles. The van der Waals surface area contributed by atoms with Gasteiger partial charge in [-0.1, -0.05) is 30.3 Å². The molecular formula is C22H16FN2NaO2. The number of hydrogen-bond donors (Lipinski definition) is 0. The minimum atomic E-state index is -0.433. The Morgan fingerprint density at radius 3 is 2.14 bits per heavy atom. The smallest absolute Gasteiger partial charge is 0.499 e. The molecule has 0 saturated heterocycles. The average molecular weight is 382 g/mol. The first-order chi connectivity index (χ1) is 13.1. The van der Waals surface area contributed by atoms with E-state index in [1.807, 2.05) is 6.07 Å². The Morgan fingerprint density at radius 1 is 1.00 bits per heavy atom. The first-order valence-electron chi connectivity index (χ1n) is 8.20. The van der Waals surface area contributed by atoms with Crippen molar-refractivity contribution in [2.24, 2.45) is 0 Å². The molecule has 134 valence electrons. The SMILES string of the molecule is COc1ccc([C-](C#N)N(C(=O)c2ccc(F)cc2)c2ccccc2)cc1.[Na+]. The minimum absolute atomic E-state index is 0. The van der Waals surface area contributed by atoms with Gasteiger partial charge < -0.3 is 9.64 Å². The Balaban J connectivity index is 0.00000280. The molecule has 0 aliphatic heterocycles. The van der Waals surface area contributed by atoms with Crippen molar-refractivity contribution in [1.82, 2.24) is 0 Å². The van der Waals surface area contributed by atoms with E-state index in [-0.39, 0.29) is 41.2 Å². The van der Waals surface area contributed by atoms with E-state index < -0.39 is 11.7 Å². The zero-order valence-electron chi connectivity index (χ0n) is 15.6. The summed E-state index contributed by atoms with van der Waals surface area (Å²) in [6.45, 7) is 0. The molecule has 3 aromatic carbocycles. The van der Waals surface area contributed by atoms with Gasteiger partial charge in [-0.3, -0.25) is 4.79 Å². The third-order valence-electron chi connectivity index (χ3n) is 4.00. The molecule has 6 heteroatoms. The molecule has 0 radical (unpaired) electrons. The first kappa shape index (κ1) is 21.5. The number of benzene rings is 3. The summed E-state index contributed by atoms with van der Waals surface area (Å²) in [4.78, 5) is 14.5. The van der Waals surface area contributed by atoms with E-state index in [0.717, 1.165) is 0 Å². The number of ether oxygens (including phenoxy) is 1. The van der Waals surface area contributed by atoms with Crippen LogP contribution in [-0.2, 0) is 0 Å². The average Bonchev–Trinajstić information content (AvgIpc) is 2.73. The number of rotatable bonds is 5.